The summed E-state index contributed by atoms with van der Waals surface area (Å²) in [5.74, 6) is 0.637. The first kappa shape index (κ1) is 18.1. The van der Waals surface area contributed by atoms with Crippen LogP contribution in [0, 0.1) is 0 Å². The summed E-state index contributed by atoms with van der Waals surface area (Å²) in [6, 6.07) is 1.51. The van der Waals surface area contributed by atoms with Gasteiger partial charge in [0.15, 0.2) is 17.0 Å². The van der Waals surface area contributed by atoms with Gasteiger partial charge in [0.2, 0.25) is 0 Å². The molecule has 0 saturated carbocycles. The molecule has 3 nitrogen and oxygen atoms in total. The van der Waals surface area contributed by atoms with Crippen molar-refractivity contribution in [2.24, 2.45) is 0 Å². The summed E-state index contributed by atoms with van der Waals surface area (Å²) in [7, 11) is 3.06. The van der Waals surface area contributed by atoms with Crippen LogP contribution in [0.1, 0.15) is 17.3 Å². The molecule has 0 aliphatic heterocycles. The third kappa shape index (κ3) is 3.79. The molecule has 0 saturated heterocycles. The van der Waals surface area contributed by atoms with Crippen LogP contribution in [0.4, 0.5) is 0 Å². The van der Waals surface area contributed by atoms with Crippen LogP contribution in [-0.2, 0) is 0 Å². The summed E-state index contributed by atoms with van der Waals surface area (Å²) >= 11 is 12.0. The van der Waals surface area contributed by atoms with Crippen LogP contribution in [0.3, 0.4) is 0 Å². The van der Waals surface area contributed by atoms with E-state index in [1.54, 1.807) is 0 Å². The molecule has 0 aromatic heterocycles. The Bertz CT molecular complexity index is 413. The van der Waals surface area contributed by atoms with E-state index in [1.807, 2.05) is 6.92 Å². The maximum absolute atomic E-state index is 12.0. The molecule has 1 unspecified atom stereocenters. The maximum atomic E-state index is 12.0. The molecule has 0 aliphatic carbocycles. The zero-order chi connectivity index (χ0) is 13.0. The van der Waals surface area contributed by atoms with Gasteiger partial charge in [-0.05, 0) is 20.8 Å². The van der Waals surface area contributed by atoms with Crippen molar-refractivity contribution in [3.63, 3.8) is 0 Å². The van der Waals surface area contributed by atoms with Gasteiger partial charge in [0.25, 0.3) is 0 Å². The molecule has 0 heterocycles. The molecule has 96 valence electrons. The summed E-state index contributed by atoms with van der Waals surface area (Å²) in [4.78, 5) is 12.0. The van der Waals surface area contributed by atoms with Gasteiger partial charge in [-0.15, -0.1) is 0 Å². The SMILES string of the molecule is CCPC(=O)c1c(OC)c(Cl)cc(Cl)c1OC.[LiH]. The van der Waals surface area contributed by atoms with Crippen LogP contribution >= 0.6 is 31.8 Å². The van der Waals surface area contributed by atoms with Crippen molar-refractivity contribution in [1.82, 2.24) is 0 Å². The Morgan fingerprint density at radius 1 is 1.22 bits per heavy atom. The molecular weight excluding hydrogens is 289 g/mol. The predicted molar refractivity (Wildman–Crippen MR) is 79.9 cm³/mol. The van der Waals surface area contributed by atoms with Crippen LogP contribution in [0.5, 0.6) is 11.5 Å². The van der Waals surface area contributed by atoms with Crippen molar-refractivity contribution in [2.75, 3.05) is 20.4 Å². The first-order valence-electron chi connectivity index (χ1n) is 4.94. The van der Waals surface area contributed by atoms with Gasteiger partial charge in [-0.2, -0.15) is 0 Å². The van der Waals surface area contributed by atoms with E-state index in [0.717, 1.165) is 6.16 Å². The molecule has 0 spiro atoms. The van der Waals surface area contributed by atoms with E-state index in [9.17, 15) is 4.79 Å². The Balaban J connectivity index is 0.00000289. The number of hydrogen-bond donors (Lipinski definition) is 0. The van der Waals surface area contributed by atoms with E-state index in [4.69, 9.17) is 32.7 Å². The average Bonchev–Trinajstić information content (AvgIpc) is 2.28. The van der Waals surface area contributed by atoms with E-state index in [2.05, 4.69) is 0 Å². The summed E-state index contributed by atoms with van der Waals surface area (Å²) in [5.41, 5.74) is 0.262. The van der Waals surface area contributed by atoms with Gasteiger partial charge >= 0.3 is 18.9 Å². The van der Waals surface area contributed by atoms with Gasteiger partial charge in [-0.25, -0.2) is 0 Å². The molecule has 0 aliphatic rings. The molecule has 1 rings (SSSR count). The average molecular weight is 303 g/mol. The monoisotopic (exact) mass is 302 g/mol. The molecule has 1 atom stereocenters. The van der Waals surface area contributed by atoms with Gasteiger partial charge in [-0.3, -0.25) is 4.79 Å². The topological polar surface area (TPSA) is 35.5 Å². The predicted octanol–water partition coefficient (Wildman–Crippen LogP) is 3.20. The van der Waals surface area contributed by atoms with E-state index in [0.29, 0.717) is 27.1 Å². The third-order valence-corrected chi connectivity index (χ3v) is 3.60. The van der Waals surface area contributed by atoms with Crippen molar-refractivity contribution in [1.29, 1.82) is 0 Å². The van der Waals surface area contributed by atoms with Crippen molar-refractivity contribution in [3.8, 4) is 11.5 Å². The second kappa shape index (κ2) is 8.30. The Kier molecular flexibility index (Phi) is 8.35. The number of methoxy groups -OCH3 is 2. The number of carbonyl (C=O) groups excluding carboxylic acids is 1. The number of halogens is 2. The number of benzene rings is 1. The first-order valence-corrected chi connectivity index (χ1v) is 6.91. The molecule has 1 aromatic rings. The molecule has 0 amide bonds. The molecule has 7 heteroatoms. The molecule has 0 fully saturated rings. The third-order valence-electron chi connectivity index (χ3n) is 2.11. The zero-order valence-electron chi connectivity index (χ0n) is 9.77. The summed E-state index contributed by atoms with van der Waals surface area (Å²) < 4.78 is 10.3. The van der Waals surface area contributed by atoms with Crippen LogP contribution in [0.15, 0.2) is 6.07 Å². The van der Waals surface area contributed by atoms with E-state index in [-0.39, 0.29) is 33.0 Å². The normalized spacial score (nSPS) is 10.3. The Morgan fingerprint density at radius 3 is 2.00 bits per heavy atom. The molecule has 0 N–H and O–H groups in total. The van der Waals surface area contributed by atoms with Gasteiger partial charge in [0.1, 0.15) is 5.56 Å². The number of carbonyl (C=O) groups is 1. The fraction of sp³-hybridized carbons (Fsp3) is 0.364. The van der Waals surface area contributed by atoms with Crippen LogP contribution in [0.2, 0.25) is 10.0 Å². The summed E-state index contributed by atoms with van der Waals surface area (Å²) in [6.45, 7) is 1.93. The summed E-state index contributed by atoms with van der Waals surface area (Å²) in [5, 5.41) is 0.616. The van der Waals surface area contributed by atoms with Gasteiger partial charge in [0.05, 0.1) is 24.3 Å². The molecular formula is C11H14Cl2LiO3P. The van der Waals surface area contributed by atoms with Gasteiger partial charge in [-0.1, -0.05) is 30.1 Å². The van der Waals surface area contributed by atoms with E-state index >= 15 is 0 Å². The van der Waals surface area contributed by atoms with E-state index < -0.39 is 0 Å². The van der Waals surface area contributed by atoms with Crippen LogP contribution in [-0.4, -0.2) is 44.8 Å². The molecule has 1 aromatic carbocycles. The number of hydrogen-bond acceptors (Lipinski definition) is 3. The fourth-order valence-electron chi connectivity index (χ4n) is 1.44. The Hall–Kier alpha value is 0.0974. The van der Waals surface area contributed by atoms with Crippen molar-refractivity contribution >= 4 is 56.2 Å². The fourth-order valence-corrected chi connectivity index (χ4v) is 2.78. The van der Waals surface area contributed by atoms with Crippen LogP contribution < -0.4 is 9.47 Å². The standard InChI is InChI=1S/C11H13Cl2O3P.Li.H/c1-4-17-11(14)8-9(15-2)6(12)5-7(13)10(8)16-3;;/h5,17H,4H2,1-3H3;;. The second-order valence-corrected chi connectivity index (χ2v) is 5.47. The van der Waals surface area contributed by atoms with Crippen LogP contribution in [0.25, 0.3) is 0 Å². The quantitative estimate of drug-likeness (QED) is 0.619. The molecule has 18 heavy (non-hydrogen) atoms. The summed E-state index contributed by atoms with van der Waals surface area (Å²) in [6.07, 6.45) is 0.759. The minimum atomic E-state index is -0.0643. The Labute approximate surface area is 130 Å². The minimum absolute atomic E-state index is 0. The first-order chi connectivity index (χ1) is 8.06. The van der Waals surface area contributed by atoms with Crippen molar-refractivity contribution < 1.29 is 14.3 Å². The number of ether oxygens (including phenoxy) is 2. The molecule has 0 bridgehead atoms. The second-order valence-electron chi connectivity index (χ2n) is 3.14. The van der Waals surface area contributed by atoms with Crippen molar-refractivity contribution in [3.05, 3.63) is 21.7 Å². The molecule has 0 radical (unpaired) electrons. The number of rotatable bonds is 5. The zero-order valence-corrected chi connectivity index (χ0v) is 12.3. The Morgan fingerprint density at radius 2 is 1.67 bits per heavy atom. The van der Waals surface area contributed by atoms with E-state index in [1.165, 1.54) is 20.3 Å². The van der Waals surface area contributed by atoms with Crippen molar-refractivity contribution in [2.45, 2.75) is 6.92 Å². The van der Waals surface area contributed by atoms with Gasteiger partial charge in [0, 0.05) is 0 Å². The van der Waals surface area contributed by atoms with Gasteiger partial charge < -0.3 is 9.47 Å².